The molecule has 0 bridgehead atoms. The maximum absolute atomic E-state index is 6.07. The van der Waals surface area contributed by atoms with Crippen molar-refractivity contribution in [1.29, 1.82) is 0 Å². The molecule has 0 saturated carbocycles. The Morgan fingerprint density at radius 2 is 1.83 bits per heavy atom. The molecule has 0 aliphatic carbocycles. The highest BCUT2D eigenvalue weighted by atomic mass is 79.9. The van der Waals surface area contributed by atoms with Gasteiger partial charge in [-0.1, -0.05) is 28.1 Å². The number of hydrogen-bond acceptors (Lipinski definition) is 4. The first-order valence-electron chi connectivity index (χ1n) is 7.46. The van der Waals surface area contributed by atoms with Gasteiger partial charge in [-0.05, 0) is 42.3 Å². The summed E-state index contributed by atoms with van der Waals surface area (Å²) < 4.78 is 23.5. The average molecular weight is 379 g/mol. The van der Waals surface area contributed by atoms with Crippen LogP contribution in [0.25, 0.3) is 0 Å². The van der Waals surface area contributed by atoms with Gasteiger partial charge in [0.05, 0.1) is 25.9 Å². The van der Waals surface area contributed by atoms with Gasteiger partial charge in [0.2, 0.25) is 0 Å². The Labute approximate surface area is 144 Å². The Bertz CT molecular complexity index is 663. The van der Waals surface area contributed by atoms with Crippen molar-refractivity contribution in [3.8, 4) is 11.5 Å². The van der Waals surface area contributed by atoms with Crippen LogP contribution >= 0.6 is 15.9 Å². The lowest BCUT2D eigenvalue weighted by Crippen LogP contribution is -2.05. The van der Waals surface area contributed by atoms with Crippen LogP contribution in [0.3, 0.4) is 0 Å². The van der Waals surface area contributed by atoms with Crippen molar-refractivity contribution in [2.45, 2.75) is 19.8 Å². The van der Waals surface area contributed by atoms with Gasteiger partial charge in [0.1, 0.15) is 18.1 Å². The number of rotatable bonds is 5. The lowest BCUT2D eigenvalue weighted by molar-refractivity contribution is -0.0459. The molecule has 1 saturated heterocycles. The van der Waals surface area contributed by atoms with Gasteiger partial charge in [0.15, 0.2) is 6.29 Å². The molecule has 1 heterocycles. The predicted octanol–water partition coefficient (Wildman–Crippen LogP) is 4.39. The van der Waals surface area contributed by atoms with Gasteiger partial charge < -0.3 is 18.9 Å². The quantitative estimate of drug-likeness (QED) is 0.772. The Morgan fingerprint density at radius 3 is 2.48 bits per heavy atom. The van der Waals surface area contributed by atoms with E-state index in [9.17, 15) is 0 Å². The minimum absolute atomic E-state index is 0.364. The summed E-state index contributed by atoms with van der Waals surface area (Å²) in [5, 5.41) is 0. The Hall–Kier alpha value is -1.56. The van der Waals surface area contributed by atoms with Crippen molar-refractivity contribution in [1.82, 2.24) is 0 Å². The molecule has 0 atom stereocenters. The fourth-order valence-electron chi connectivity index (χ4n) is 2.54. The second-order valence-corrected chi connectivity index (χ2v) is 6.27. The zero-order chi connectivity index (χ0) is 16.2. The molecule has 2 aromatic carbocycles. The molecule has 2 aromatic rings. The molecule has 122 valence electrons. The van der Waals surface area contributed by atoms with Crippen molar-refractivity contribution < 1.29 is 18.9 Å². The summed E-state index contributed by atoms with van der Waals surface area (Å²) in [5.41, 5.74) is 3.04. The molecule has 0 unspecified atom stereocenters. The van der Waals surface area contributed by atoms with Gasteiger partial charge >= 0.3 is 0 Å². The van der Waals surface area contributed by atoms with Crippen molar-refractivity contribution in [3.05, 3.63) is 57.6 Å². The summed E-state index contributed by atoms with van der Waals surface area (Å²) in [5.74, 6) is 1.65. The van der Waals surface area contributed by atoms with E-state index in [4.69, 9.17) is 18.9 Å². The number of halogens is 1. The monoisotopic (exact) mass is 378 g/mol. The molecule has 1 aliphatic heterocycles. The third-order valence-corrected chi connectivity index (χ3v) is 4.14. The first kappa shape index (κ1) is 16.3. The number of methoxy groups -OCH3 is 1. The van der Waals surface area contributed by atoms with E-state index in [1.54, 1.807) is 7.11 Å². The Morgan fingerprint density at radius 1 is 1.13 bits per heavy atom. The van der Waals surface area contributed by atoms with Gasteiger partial charge in [-0.15, -0.1) is 0 Å². The highest BCUT2D eigenvalue weighted by Crippen LogP contribution is 2.36. The van der Waals surface area contributed by atoms with Crippen LogP contribution in [-0.4, -0.2) is 20.3 Å². The molecule has 5 heteroatoms. The molecule has 0 aromatic heterocycles. The zero-order valence-electron chi connectivity index (χ0n) is 13.2. The van der Waals surface area contributed by atoms with Crippen molar-refractivity contribution in [2.75, 3.05) is 20.3 Å². The largest absolute Gasteiger partial charge is 0.497 e. The summed E-state index contributed by atoms with van der Waals surface area (Å²) >= 11 is 3.53. The molecule has 1 aliphatic rings. The third kappa shape index (κ3) is 3.86. The van der Waals surface area contributed by atoms with Crippen molar-refractivity contribution in [3.63, 3.8) is 0 Å². The molecular formula is C18H19BrO4. The second kappa shape index (κ2) is 7.34. The Balaban J connectivity index is 1.80. The van der Waals surface area contributed by atoms with Crippen molar-refractivity contribution >= 4 is 15.9 Å². The molecule has 4 nitrogen and oxygen atoms in total. The van der Waals surface area contributed by atoms with Crippen LogP contribution in [0.5, 0.6) is 11.5 Å². The summed E-state index contributed by atoms with van der Waals surface area (Å²) in [4.78, 5) is 0. The van der Waals surface area contributed by atoms with Crippen LogP contribution in [0, 0.1) is 6.92 Å². The van der Waals surface area contributed by atoms with Gasteiger partial charge in [0, 0.05) is 4.47 Å². The van der Waals surface area contributed by atoms with E-state index in [0.29, 0.717) is 19.8 Å². The Kier molecular flexibility index (Phi) is 5.20. The summed E-state index contributed by atoms with van der Waals surface area (Å²) in [6, 6.07) is 11.9. The minimum atomic E-state index is -0.364. The van der Waals surface area contributed by atoms with E-state index in [0.717, 1.165) is 32.7 Å². The van der Waals surface area contributed by atoms with Crippen LogP contribution in [0.15, 0.2) is 40.9 Å². The van der Waals surface area contributed by atoms with Crippen LogP contribution in [0.4, 0.5) is 0 Å². The van der Waals surface area contributed by atoms with E-state index in [-0.39, 0.29) is 6.29 Å². The standard InChI is InChI=1S/C18H19BrO4/c1-12-9-14(19)10-16(18-21-7-8-22-18)17(12)23-11-13-3-5-15(20-2)6-4-13/h3-6,9-10,18H,7-8,11H2,1-2H3. The lowest BCUT2D eigenvalue weighted by atomic mass is 10.1. The normalized spacial score (nSPS) is 14.9. The number of hydrogen-bond donors (Lipinski definition) is 0. The fourth-order valence-corrected chi connectivity index (χ4v) is 3.13. The summed E-state index contributed by atoms with van der Waals surface area (Å²) in [7, 11) is 1.66. The highest BCUT2D eigenvalue weighted by molar-refractivity contribution is 9.10. The predicted molar refractivity (Wildman–Crippen MR) is 90.9 cm³/mol. The van der Waals surface area contributed by atoms with E-state index >= 15 is 0 Å². The first-order chi connectivity index (χ1) is 11.2. The number of ether oxygens (including phenoxy) is 4. The van der Waals surface area contributed by atoms with Crippen LogP contribution in [-0.2, 0) is 16.1 Å². The molecule has 1 fully saturated rings. The van der Waals surface area contributed by atoms with Crippen LogP contribution < -0.4 is 9.47 Å². The average Bonchev–Trinajstić information content (AvgIpc) is 3.08. The van der Waals surface area contributed by atoms with E-state index in [2.05, 4.69) is 15.9 Å². The molecule has 0 amide bonds. The van der Waals surface area contributed by atoms with Crippen LogP contribution in [0.2, 0.25) is 0 Å². The smallest absolute Gasteiger partial charge is 0.187 e. The molecule has 3 rings (SSSR count). The zero-order valence-corrected chi connectivity index (χ0v) is 14.8. The summed E-state index contributed by atoms with van der Waals surface area (Å²) in [6.45, 7) is 3.71. The second-order valence-electron chi connectivity index (χ2n) is 5.35. The van der Waals surface area contributed by atoms with E-state index in [1.165, 1.54) is 0 Å². The molecular weight excluding hydrogens is 360 g/mol. The molecule has 0 radical (unpaired) electrons. The van der Waals surface area contributed by atoms with Gasteiger partial charge in [0.25, 0.3) is 0 Å². The van der Waals surface area contributed by atoms with Gasteiger partial charge in [-0.3, -0.25) is 0 Å². The highest BCUT2D eigenvalue weighted by Gasteiger charge is 2.24. The SMILES string of the molecule is COc1ccc(COc2c(C)cc(Br)cc2C2OCCO2)cc1. The van der Waals surface area contributed by atoms with E-state index in [1.807, 2.05) is 43.3 Å². The topological polar surface area (TPSA) is 36.9 Å². The van der Waals surface area contributed by atoms with Crippen LogP contribution in [0.1, 0.15) is 23.0 Å². The molecule has 0 N–H and O–H groups in total. The first-order valence-corrected chi connectivity index (χ1v) is 8.25. The van der Waals surface area contributed by atoms with Gasteiger partial charge in [-0.25, -0.2) is 0 Å². The van der Waals surface area contributed by atoms with E-state index < -0.39 is 0 Å². The number of benzene rings is 2. The molecule has 0 spiro atoms. The third-order valence-electron chi connectivity index (χ3n) is 3.69. The van der Waals surface area contributed by atoms with Gasteiger partial charge in [-0.2, -0.15) is 0 Å². The maximum atomic E-state index is 6.07. The van der Waals surface area contributed by atoms with Crippen molar-refractivity contribution in [2.24, 2.45) is 0 Å². The minimum Gasteiger partial charge on any atom is -0.497 e. The molecule has 23 heavy (non-hydrogen) atoms. The number of aryl methyl sites for hydroxylation is 1. The maximum Gasteiger partial charge on any atom is 0.187 e. The fraction of sp³-hybridized carbons (Fsp3) is 0.333. The lowest BCUT2D eigenvalue weighted by Gasteiger charge is -2.18. The summed E-state index contributed by atoms with van der Waals surface area (Å²) in [6.07, 6.45) is -0.364.